The van der Waals surface area contributed by atoms with Crippen LogP contribution in [0.1, 0.15) is 20.3 Å². The molecule has 1 atom stereocenters. The van der Waals surface area contributed by atoms with Gasteiger partial charge >= 0.3 is 17.6 Å². The molecule has 0 spiro atoms. The minimum atomic E-state index is -0.801. The first-order chi connectivity index (χ1) is 11.7. The fourth-order valence-electron chi connectivity index (χ4n) is 1.81. The number of ether oxygens (including phenoxy) is 3. The van der Waals surface area contributed by atoms with Crippen molar-refractivity contribution in [1.82, 2.24) is 0 Å². The van der Waals surface area contributed by atoms with Gasteiger partial charge in [0.15, 0.2) is 5.75 Å². The highest BCUT2D eigenvalue weighted by Gasteiger charge is 2.21. The molecule has 0 radical (unpaired) electrons. The molecule has 25 heavy (non-hydrogen) atoms. The Morgan fingerprint density at radius 2 is 1.80 bits per heavy atom. The van der Waals surface area contributed by atoms with Crippen LogP contribution in [0.15, 0.2) is 18.2 Å². The van der Waals surface area contributed by atoms with Crippen molar-refractivity contribution in [3.8, 4) is 5.75 Å². The number of non-ortho nitro benzene ring substituents is 1. The number of nitrogens with zero attached hydrogens (tertiary/aromatic N) is 2. The molecule has 11 nitrogen and oxygen atoms in total. The molecule has 11 heteroatoms. The van der Waals surface area contributed by atoms with Gasteiger partial charge < -0.3 is 14.2 Å². The lowest BCUT2D eigenvalue weighted by atomic mass is 10.2. The molecule has 1 unspecified atom stereocenters. The lowest BCUT2D eigenvalue weighted by molar-refractivity contribution is -0.394. The molecule has 0 fully saturated rings. The van der Waals surface area contributed by atoms with Crippen molar-refractivity contribution >= 4 is 23.3 Å². The van der Waals surface area contributed by atoms with E-state index >= 15 is 0 Å². The molecule has 0 N–H and O–H groups in total. The summed E-state index contributed by atoms with van der Waals surface area (Å²) >= 11 is 0. The molecule has 0 saturated heterocycles. The third kappa shape index (κ3) is 6.81. The lowest BCUT2D eigenvalue weighted by Gasteiger charge is -2.16. The van der Waals surface area contributed by atoms with Crippen molar-refractivity contribution in [2.45, 2.75) is 26.4 Å². The summed E-state index contributed by atoms with van der Waals surface area (Å²) in [6.07, 6.45) is -0.681. The van der Waals surface area contributed by atoms with E-state index < -0.39 is 39.3 Å². The zero-order valence-electron chi connectivity index (χ0n) is 13.5. The zero-order valence-corrected chi connectivity index (χ0v) is 13.5. The Bertz CT molecular complexity index is 674. The molecule has 0 bridgehead atoms. The topological polar surface area (TPSA) is 148 Å². The first-order valence-electron chi connectivity index (χ1n) is 7.07. The van der Waals surface area contributed by atoms with Gasteiger partial charge in [0.2, 0.25) is 0 Å². The molecule has 0 heterocycles. The highest BCUT2D eigenvalue weighted by molar-refractivity contribution is 5.67. The Balaban J connectivity index is 2.74. The van der Waals surface area contributed by atoms with Gasteiger partial charge in [0, 0.05) is 26.3 Å². The lowest BCUT2D eigenvalue weighted by Crippen LogP contribution is -2.25. The van der Waals surface area contributed by atoms with Crippen molar-refractivity contribution in [1.29, 1.82) is 0 Å². The quantitative estimate of drug-likeness (QED) is 0.366. The van der Waals surface area contributed by atoms with E-state index in [1.165, 1.54) is 13.8 Å². The van der Waals surface area contributed by atoms with E-state index in [1.807, 2.05) is 0 Å². The molecule has 0 aliphatic heterocycles. The molecule has 0 aliphatic carbocycles. The Morgan fingerprint density at radius 3 is 2.32 bits per heavy atom. The second-order valence-corrected chi connectivity index (χ2v) is 4.84. The minimum absolute atomic E-state index is 0.0982. The van der Waals surface area contributed by atoms with E-state index in [2.05, 4.69) is 0 Å². The number of benzene rings is 1. The largest absolute Gasteiger partial charge is 0.487 e. The van der Waals surface area contributed by atoms with Gasteiger partial charge in [-0.1, -0.05) is 0 Å². The van der Waals surface area contributed by atoms with E-state index in [1.54, 1.807) is 0 Å². The molecule has 0 saturated carbocycles. The molecule has 136 valence electrons. The highest BCUT2D eigenvalue weighted by Crippen LogP contribution is 2.31. The first kappa shape index (κ1) is 19.8. The van der Waals surface area contributed by atoms with Crippen molar-refractivity contribution < 1.29 is 33.6 Å². The van der Waals surface area contributed by atoms with Crippen LogP contribution in [0.5, 0.6) is 5.75 Å². The van der Waals surface area contributed by atoms with Crippen LogP contribution in [0, 0.1) is 20.2 Å². The van der Waals surface area contributed by atoms with Crippen molar-refractivity contribution in [3.63, 3.8) is 0 Å². The maximum absolute atomic E-state index is 11.0. The zero-order chi connectivity index (χ0) is 19.0. The van der Waals surface area contributed by atoms with Gasteiger partial charge in [0.25, 0.3) is 5.69 Å². The van der Waals surface area contributed by atoms with Crippen LogP contribution in [0.4, 0.5) is 11.4 Å². The molecule has 1 rings (SSSR count). The Hall–Kier alpha value is -3.24. The van der Waals surface area contributed by atoms with Crippen LogP contribution >= 0.6 is 0 Å². The number of esters is 2. The maximum Gasteiger partial charge on any atom is 0.317 e. The van der Waals surface area contributed by atoms with Crippen LogP contribution in [-0.2, 0) is 19.1 Å². The normalized spacial score (nSPS) is 11.3. The average molecular weight is 356 g/mol. The van der Waals surface area contributed by atoms with Gasteiger partial charge in [-0.15, -0.1) is 0 Å². The molecular formula is C14H16N2O9. The number of hydrogen-bond acceptors (Lipinski definition) is 9. The van der Waals surface area contributed by atoms with E-state index in [0.717, 1.165) is 18.2 Å². The van der Waals surface area contributed by atoms with Crippen molar-refractivity contribution in [3.05, 3.63) is 38.4 Å². The Labute approximate surface area is 141 Å². The van der Waals surface area contributed by atoms with Gasteiger partial charge in [-0.25, -0.2) is 0 Å². The van der Waals surface area contributed by atoms with Crippen LogP contribution in [0.2, 0.25) is 0 Å². The molecule has 0 amide bonds. The molecule has 0 aromatic heterocycles. The maximum atomic E-state index is 11.0. The smallest absolute Gasteiger partial charge is 0.317 e. The predicted octanol–water partition coefficient (Wildman–Crippen LogP) is 1.77. The van der Waals surface area contributed by atoms with E-state index in [-0.39, 0.29) is 25.4 Å². The number of carbonyl (C=O) groups excluding carboxylic acids is 2. The molecule has 1 aromatic rings. The van der Waals surface area contributed by atoms with Crippen LogP contribution in [0.25, 0.3) is 0 Å². The van der Waals surface area contributed by atoms with Crippen LogP contribution in [0.3, 0.4) is 0 Å². The standard InChI is InChI=1S/C14H16N2O9/c1-9(17)24-8-12(25-10(2)18)5-6-23-14-4-3-11(15(19)20)7-13(14)16(21)22/h3-4,7,12H,5-6,8H2,1-2H3. The minimum Gasteiger partial charge on any atom is -0.487 e. The number of nitro groups is 2. The summed E-state index contributed by atoms with van der Waals surface area (Å²) in [5, 5.41) is 21.7. The van der Waals surface area contributed by atoms with Crippen LogP contribution in [-0.4, -0.2) is 41.1 Å². The highest BCUT2D eigenvalue weighted by atomic mass is 16.6. The summed E-state index contributed by atoms with van der Waals surface area (Å²) in [5.41, 5.74) is -0.995. The summed E-state index contributed by atoms with van der Waals surface area (Å²) in [6, 6.07) is 2.98. The summed E-state index contributed by atoms with van der Waals surface area (Å²) in [4.78, 5) is 41.9. The Morgan fingerprint density at radius 1 is 1.12 bits per heavy atom. The van der Waals surface area contributed by atoms with Crippen molar-refractivity contribution in [2.75, 3.05) is 13.2 Å². The van der Waals surface area contributed by atoms with E-state index in [0.29, 0.717) is 0 Å². The fourth-order valence-corrected chi connectivity index (χ4v) is 1.81. The third-order valence-corrected chi connectivity index (χ3v) is 2.85. The van der Waals surface area contributed by atoms with Gasteiger partial charge in [0.05, 0.1) is 22.5 Å². The molecular weight excluding hydrogens is 340 g/mol. The summed E-state index contributed by atoms with van der Waals surface area (Å²) < 4.78 is 15.0. The SMILES string of the molecule is CC(=O)OCC(CCOc1ccc([N+](=O)[O-])cc1[N+](=O)[O-])OC(C)=O. The number of nitro benzene ring substituents is 2. The summed E-state index contributed by atoms with van der Waals surface area (Å²) in [5.74, 6) is -1.30. The Kier molecular flexibility index (Phi) is 7.25. The van der Waals surface area contributed by atoms with Crippen molar-refractivity contribution in [2.24, 2.45) is 0 Å². The summed E-state index contributed by atoms with van der Waals surface area (Å²) in [6.45, 7) is 2.10. The number of carbonyl (C=O) groups is 2. The van der Waals surface area contributed by atoms with E-state index in [4.69, 9.17) is 14.2 Å². The monoisotopic (exact) mass is 356 g/mol. The number of rotatable bonds is 9. The fraction of sp³-hybridized carbons (Fsp3) is 0.429. The van der Waals surface area contributed by atoms with Crippen LogP contribution < -0.4 is 4.74 Å². The van der Waals surface area contributed by atoms with Gasteiger partial charge in [-0.3, -0.25) is 29.8 Å². The summed E-state index contributed by atoms with van der Waals surface area (Å²) in [7, 11) is 0. The molecule has 0 aliphatic rings. The van der Waals surface area contributed by atoms with Gasteiger partial charge in [-0.05, 0) is 6.07 Å². The first-order valence-corrected chi connectivity index (χ1v) is 7.07. The van der Waals surface area contributed by atoms with E-state index in [9.17, 15) is 29.8 Å². The second kappa shape index (κ2) is 9.15. The molecule has 1 aromatic carbocycles. The third-order valence-electron chi connectivity index (χ3n) is 2.85. The average Bonchev–Trinajstić information content (AvgIpc) is 2.51. The van der Waals surface area contributed by atoms with Gasteiger partial charge in [-0.2, -0.15) is 0 Å². The van der Waals surface area contributed by atoms with Gasteiger partial charge in [0.1, 0.15) is 12.7 Å². The number of hydrogen-bond donors (Lipinski definition) is 0. The second-order valence-electron chi connectivity index (χ2n) is 4.84. The predicted molar refractivity (Wildman–Crippen MR) is 82.0 cm³/mol.